The number of hydrogen-bond donors (Lipinski definition) is 2. The summed E-state index contributed by atoms with van der Waals surface area (Å²) in [4.78, 5) is 11.0. The lowest BCUT2D eigenvalue weighted by Crippen LogP contribution is -2.33. The molecule has 110 valence electrons. The number of hydrogen-bond acceptors (Lipinski definition) is 6. The van der Waals surface area contributed by atoms with Crippen molar-refractivity contribution in [3.05, 3.63) is 17.7 Å². The number of methoxy groups -OCH3 is 3. The Bertz CT molecular complexity index is 508. The minimum absolute atomic E-state index is 0.147. The van der Waals surface area contributed by atoms with E-state index in [4.69, 9.17) is 19.3 Å². The molecule has 0 amide bonds. The maximum absolute atomic E-state index is 11.0. The Morgan fingerprint density at radius 2 is 1.95 bits per heavy atom. The molecule has 1 aromatic carbocycles. The Balaban J connectivity index is 2.35. The molecular weight excluding hydrogens is 282 g/mol. The van der Waals surface area contributed by atoms with Crippen molar-refractivity contribution in [2.45, 2.75) is 11.4 Å². The summed E-state index contributed by atoms with van der Waals surface area (Å²) in [6, 6.07) is 3.09. The molecule has 1 saturated heterocycles. The minimum atomic E-state index is -0.848. The van der Waals surface area contributed by atoms with E-state index < -0.39 is 12.0 Å². The first-order valence-corrected chi connectivity index (χ1v) is 7.06. The van der Waals surface area contributed by atoms with E-state index in [9.17, 15) is 4.79 Å². The van der Waals surface area contributed by atoms with Gasteiger partial charge in [-0.25, -0.2) is 0 Å². The van der Waals surface area contributed by atoms with Gasteiger partial charge in [0.2, 0.25) is 5.75 Å². The van der Waals surface area contributed by atoms with Crippen LogP contribution in [0, 0.1) is 0 Å². The van der Waals surface area contributed by atoms with E-state index in [1.807, 2.05) is 6.07 Å². The largest absolute Gasteiger partial charge is 0.493 e. The SMILES string of the molecule is COc1ccc(C2NC(C(=O)O)CS2)c(OC)c1OC. The Hall–Kier alpha value is -1.60. The number of thioether (sulfide) groups is 1. The number of carboxylic acids is 1. The van der Waals surface area contributed by atoms with E-state index in [0.29, 0.717) is 23.0 Å². The van der Waals surface area contributed by atoms with Crippen LogP contribution in [0.15, 0.2) is 12.1 Å². The third-order valence-electron chi connectivity index (χ3n) is 3.10. The van der Waals surface area contributed by atoms with Crippen LogP contribution in [0.2, 0.25) is 0 Å². The summed E-state index contributed by atoms with van der Waals surface area (Å²) in [6.07, 6.45) is 0. The van der Waals surface area contributed by atoms with Gasteiger partial charge in [0, 0.05) is 11.3 Å². The van der Waals surface area contributed by atoms with Crippen molar-refractivity contribution in [2.24, 2.45) is 0 Å². The molecule has 0 bridgehead atoms. The van der Waals surface area contributed by atoms with Crippen LogP contribution >= 0.6 is 11.8 Å². The van der Waals surface area contributed by atoms with Crippen molar-refractivity contribution in [1.29, 1.82) is 0 Å². The van der Waals surface area contributed by atoms with Gasteiger partial charge in [-0.1, -0.05) is 0 Å². The minimum Gasteiger partial charge on any atom is -0.493 e. The molecule has 0 saturated carbocycles. The Kier molecular flexibility index (Phi) is 4.61. The van der Waals surface area contributed by atoms with Gasteiger partial charge in [-0.2, -0.15) is 0 Å². The summed E-state index contributed by atoms with van der Waals surface area (Å²) in [5.41, 5.74) is 0.846. The quantitative estimate of drug-likeness (QED) is 0.853. The molecule has 0 aromatic heterocycles. The number of ether oxygens (including phenoxy) is 3. The first kappa shape index (κ1) is 14.8. The lowest BCUT2D eigenvalue weighted by Gasteiger charge is -2.19. The zero-order valence-corrected chi connectivity index (χ0v) is 12.3. The molecule has 1 fully saturated rings. The number of carboxylic acid groups (broad SMARTS) is 1. The number of benzene rings is 1. The summed E-state index contributed by atoms with van der Waals surface area (Å²) < 4.78 is 16.0. The maximum Gasteiger partial charge on any atom is 0.321 e. The van der Waals surface area contributed by atoms with Gasteiger partial charge in [0.15, 0.2) is 11.5 Å². The summed E-state index contributed by atoms with van der Waals surface area (Å²) in [5, 5.41) is 11.9. The second-order valence-corrected chi connectivity index (χ2v) is 5.33. The van der Waals surface area contributed by atoms with Crippen LogP contribution in [0.5, 0.6) is 17.2 Å². The lowest BCUT2D eigenvalue weighted by atomic mass is 10.1. The van der Waals surface area contributed by atoms with Crippen LogP contribution in [0.4, 0.5) is 0 Å². The van der Waals surface area contributed by atoms with Crippen molar-refractivity contribution in [2.75, 3.05) is 27.1 Å². The number of carbonyl (C=O) groups is 1. The molecule has 7 heteroatoms. The Morgan fingerprint density at radius 1 is 1.25 bits per heavy atom. The average molecular weight is 299 g/mol. The van der Waals surface area contributed by atoms with E-state index in [1.54, 1.807) is 27.4 Å². The molecule has 0 aliphatic carbocycles. The fraction of sp³-hybridized carbons (Fsp3) is 0.462. The van der Waals surface area contributed by atoms with Crippen LogP contribution in [0.1, 0.15) is 10.9 Å². The molecule has 2 rings (SSSR count). The van der Waals surface area contributed by atoms with Gasteiger partial charge in [-0.3, -0.25) is 10.1 Å². The summed E-state index contributed by atoms with van der Waals surface area (Å²) in [5.74, 6) is 1.30. The van der Waals surface area contributed by atoms with Crippen LogP contribution in [-0.2, 0) is 4.79 Å². The van der Waals surface area contributed by atoms with E-state index in [2.05, 4.69) is 5.32 Å². The van der Waals surface area contributed by atoms with Crippen molar-refractivity contribution < 1.29 is 24.1 Å². The first-order chi connectivity index (χ1) is 9.62. The van der Waals surface area contributed by atoms with Crippen molar-refractivity contribution in [1.82, 2.24) is 5.32 Å². The van der Waals surface area contributed by atoms with Gasteiger partial charge in [-0.15, -0.1) is 11.8 Å². The summed E-state index contributed by atoms with van der Waals surface area (Å²) in [7, 11) is 4.65. The normalized spacial score (nSPS) is 21.6. The zero-order valence-electron chi connectivity index (χ0n) is 11.5. The standard InChI is InChI=1S/C13H17NO5S/c1-17-9-5-4-7(10(18-2)11(9)19-3)12-14-8(6-20-12)13(15)16/h4-5,8,12,14H,6H2,1-3H3,(H,15,16). The predicted octanol–water partition coefficient (Wildman–Crippen LogP) is 1.50. The Morgan fingerprint density at radius 3 is 2.45 bits per heavy atom. The molecule has 1 aliphatic heterocycles. The fourth-order valence-corrected chi connectivity index (χ4v) is 3.37. The second kappa shape index (κ2) is 6.23. The maximum atomic E-state index is 11.0. The highest BCUT2D eigenvalue weighted by molar-refractivity contribution is 7.99. The summed E-state index contributed by atoms with van der Waals surface area (Å²) in [6.45, 7) is 0. The molecule has 2 unspecified atom stereocenters. The topological polar surface area (TPSA) is 77.0 Å². The number of nitrogens with one attached hydrogen (secondary N) is 1. The number of aliphatic carboxylic acids is 1. The fourth-order valence-electron chi connectivity index (χ4n) is 2.12. The molecule has 1 aliphatic rings. The third-order valence-corrected chi connectivity index (χ3v) is 4.35. The highest BCUT2D eigenvalue weighted by Crippen LogP contribution is 2.46. The molecule has 6 nitrogen and oxygen atoms in total. The van der Waals surface area contributed by atoms with E-state index in [-0.39, 0.29) is 5.37 Å². The summed E-state index contributed by atoms with van der Waals surface area (Å²) >= 11 is 1.53. The van der Waals surface area contributed by atoms with Gasteiger partial charge in [0.05, 0.1) is 26.7 Å². The molecule has 2 N–H and O–H groups in total. The van der Waals surface area contributed by atoms with Crippen molar-refractivity contribution in [3.8, 4) is 17.2 Å². The van der Waals surface area contributed by atoms with Crippen molar-refractivity contribution in [3.63, 3.8) is 0 Å². The highest BCUT2D eigenvalue weighted by atomic mass is 32.2. The highest BCUT2D eigenvalue weighted by Gasteiger charge is 2.33. The third kappa shape index (κ3) is 2.64. The monoisotopic (exact) mass is 299 g/mol. The number of rotatable bonds is 5. The lowest BCUT2D eigenvalue weighted by molar-refractivity contribution is -0.138. The van der Waals surface area contributed by atoms with E-state index >= 15 is 0 Å². The van der Waals surface area contributed by atoms with Crippen LogP contribution in [0.25, 0.3) is 0 Å². The molecule has 0 spiro atoms. The molecule has 2 atom stereocenters. The Labute approximate surface area is 121 Å². The van der Waals surface area contributed by atoms with Gasteiger partial charge in [-0.05, 0) is 12.1 Å². The molecule has 1 aromatic rings. The first-order valence-electron chi connectivity index (χ1n) is 6.01. The molecular formula is C13H17NO5S. The molecule has 0 radical (unpaired) electrons. The second-order valence-electron chi connectivity index (χ2n) is 4.19. The predicted molar refractivity (Wildman–Crippen MR) is 75.9 cm³/mol. The average Bonchev–Trinajstić information content (AvgIpc) is 2.95. The van der Waals surface area contributed by atoms with Crippen LogP contribution < -0.4 is 19.5 Å². The van der Waals surface area contributed by atoms with Crippen molar-refractivity contribution >= 4 is 17.7 Å². The van der Waals surface area contributed by atoms with E-state index in [0.717, 1.165) is 5.56 Å². The van der Waals surface area contributed by atoms with Crippen LogP contribution in [-0.4, -0.2) is 44.2 Å². The van der Waals surface area contributed by atoms with Crippen LogP contribution in [0.3, 0.4) is 0 Å². The van der Waals surface area contributed by atoms with Gasteiger partial charge >= 0.3 is 5.97 Å². The molecule has 20 heavy (non-hydrogen) atoms. The van der Waals surface area contributed by atoms with Gasteiger partial charge < -0.3 is 19.3 Å². The van der Waals surface area contributed by atoms with Gasteiger partial charge in [0.25, 0.3) is 0 Å². The van der Waals surface area contributed by atoms with Gasteiger partial charge in [0.1, 0.15) is 6.04 Å². The zero-order chi connectivity index (χ0) is 14.7. The smallest absolute Gasteiger partial charge is 0.321 e. The molecule has 1 heterocycles. The van der Waals surface area contributed by atoms with E-state index in [1.165, 1.54) is 11.8 Å².